The van der Waals surface area contributed by atoms with Crippen molar-refractivity contribution < 1.29 is 33.4 Å². The predicted molar refractivity (Wildman–Crippen MR) is 192 cm³/mol. The monoisotopic (exact) mass is 681 g/mol. The molecule has 0 saturated carbocycles. The minimum atomic E-state index is -0.546. The number of thioether (sulfide) groups is 1. The lowest BCUT2D eigenvalue weighted by atomic mass is 10.1. The van der Waals surface area contributed by atoms with E-state index in [2.05, 4.69) is 16.0 Å². The highest BCUT2D eigenvalue weighted by molar-refractivity contribution is 8.00. The number of hydrogen-bond acceptors (Lipinski definition) is 8. The first kappa shape index (κ1) is 36.3. The molecule has 0 radical (unpaired) electrons. The fourth-order valence-corrected chi connectivity index (χ4v) is 5.30. The van der Waals surface area contributed by atoms with Gasteiger partial charge in [0.2, 0.25) is 5.91 Å². The summed E-state index contributed by atoms with van der Waals surface area (Å²) in [6.45, 7) is 4.19. The van der Waals surface area contributed by atoms with E-state index in [-0.39, 0.29) is 11.6 Å². The number of carbonyl (C=O) groups excluding carboxylic acids is 4. The maximum absolute atomic E-state index is 13.5. The molecule has 4 aromatic rings. The van der Waals surface area contributed by atoms with Gasteiger partial charge in [0.1, 0.15) is 17.2 Å². The molecule has 4 rings (SSSR count). The standard InChI is InChI=1S/C38H39N3O7S/c1-5-6-22-48-38(45)27-12-15-29(16-13-27)39-35(42)25(2)49-32-20-17-30(18-21-32)40-37(44)33(41-36(43)26-10-8-7-9-11-26)23-28-14-19-31(46-3)24-34(28)47-4/h7-21,23-25H,5-6,22H2,1-4H3,(H,39,42)(H,40,44)(H,41,43)/b33-23-. The van der Waals surface area contributed by atoms with Crippen molar-refractivity contribution in [1.29, 1.82) is 0 Å². The zero-order valence-corrected chi connectivity index (χ0v) is 28.6. The summed E-state index contributed by atoms with van der Waals surface area (Å²) in [6.07, 6.45) is 3.28. The minimum Gasteiger partial charge on any atom is -0.497 e. The summed E-state index contributed by atoms with van der Waals surface area (Å²) >= 11 is 1.35. The van der Waals surface area contributed by atoms with Crippen molar-refractivity contribution in [3.8, 4) is 11.5 Å². The fourth-order valence-electron chi connectivity index (χ4n) is 4.43. The van der Waals surface area contributed by atoms with Crippen LogP contribution in [-0.2, 0) is 14.3 Å². The average Bonchev–Trinajstić information content (AvgIpc) is 3.12. The molecule has 0 aliphatic carbocycles. The van der Waals surface area contributed by atoms with E-state index in [0.29, 0.717) is 46.2 Å². The molecule has 0 aliphatic heterocycles. The molecule has 254 valence electrons. The zero-order chi connectivity index (χ0) is 35.2. The molecule has 10 nitrogen and oxygen atoms in total. The Balaban J connectivity index is 1.40. The number of methoxy groups -OCH3 is 2. The highest BCUT2D eigenvalue weighted by atomic mass is 32.2. The molecular weight excluding hydrogens is 642 g/mol. The third-order valence-electron chi connectivity index (χ3n) is 7.18. The van der Waals surface area contributed by atoms with E-state index in [1.54, 1.807) is 111 Å². The Bertz CT molecular complexity index is 1780. The second kappa shape index (κ2) is 18.1. The van der Waals surface area contributed by atoms with Gasteiger partial charge >= 0.3 is 5.97 Å². The number of benzene rings is 4. The van der Waals surface area contributed by atoms with Gasteiger partial charge in [0.25, 0.3) is 11.8 Å². The van der Waals surface area contributed by atoms with Crippen LogP contribution >= 0.6 is 11.8 Å². The van der Waals surface area contributed by atoms with Crippen molar-refractivity contribution in [2.75, 3.05) is 31.5 Å². The topological polar surface area (TPSA) is 132 Å². The number of anilines is 2. The number of esters is 1. The van der Waals surface area contributed by atoms with Gasteiger partial charge in [-0.05, 0) is 92.2 Å². The number of amides is 3. The maximum Gasteiger partial charge on any atom is 0.338 e. The Kier molecular flexibility index (Phi) is 13.4. The predicted octanol–water partition coefficient (Wildman–Crippen LogP) is 7.19. The smallest absolute Gasteiger partial charge is 0.338 e. The van der Waals surface area contributed by atoms with E-state index in [9.17, 15) is 19.2 Å². The number of rotatable bonds is 15. The van der Waals surface area contributed by atoms with E-state index in [4.69, 9.17) is 14.2 Å². The number of ether oxygens (including phenoxy) is 3. The van der Waals surface area contributed by atoms with Crippen molar-refractivity contribution in [1.82, 2.24) is 5.32 Å². The molecule has 0 saturated heterocycles. The van der Waals surface area contributed by atoms with E-state index in [1.165, 1.54) is 24.9 Å². The van der Waals surface area contributed by atoms with Gasteiger partial charge < -0.3 is 30.2 Å². The van der Waals surface area contributed by atoms with Crippen molar-refractivity contribution in [3.05, 3.63) is 119 Å². The van der Waals surface area contributed by atoms with Crippen LogP contribution in [0, 0.1) is 0 Å². The lowest BCUT2D eigenvalue weighted by Crippen LogP contribution is -2.30. The number of unbranched alkanes of at least 4 members (excludes halogenated alkanes) is 1. The van der Waals surface area contributed by atoms with Crippen LogP contribution in [0.1, 0.15) is 53.0 Å². The zero-order valence-electron chi connectivity index (χ0n) is 27.8. The molecule has 0 aliphatic rings. The summed E-state index contributed by atoms with van der Waals surface area (Å²) < 4.78 is 16.0. The first-order valence-corrected chi connectivity index (χ1v) is 16.5. The molecule has 0 spiro atoms. The van der Waals surface area contributed by atoms with Crippen molar-refractivity contribution in [2.45, 2.75) is 36.8 Å². The van der Waals surface area contributed by atoms with E-state index in [0.717, 1.165) is 17.7 Å². The molecule has 0 bridgehead atoms. The van der Waals surface area contributed by atoms with Crippen molar-refractivity contribution in [3.63, 3.8) is 0 Å². The van der Waals surface area contributed by atoms with Crippen LogP contribution in [0.5, 0.6) is 11.5 Å². The van der Waals surface area contributed by atoms with E-state index < -0.39 is 23.0 Å². The number of hydrogen-bond donors (Lipinski definition) is 3. The molecule has 11 heteroatoms. The first-order valence-electron chi connectivity index (χ1n) is 15.7. The summed E-state index contributed by atoms with van der Waals surface area (Å²) in [6, 6.07) is 27.3. The summed E-state index contributed by atoms with van der Waals surface area (Å²) in [4.78, 5) is 52.4. The molecule has 0 heterocycles. The quantitative estimate of drug-likeness (QED) is 0.0520. The Hall–Kier alpha value is -5.55. The third-order valence-corrected chi connectivity index (χ3v) is 8.29. The highest BCUT2D eigenvalue weighted by Crippen LogP contribution is 2.28. The van der Waals surface area contributed by atoms with Crippen molar-refractivity contribution in [2.24, 2.45) is 0 Å². The summed E-state index contributed by atoms with van der Waals surface area (Å²) in [5, 5.41) is 7.98. The minimum absolute atomic E-state index is 0.00230. The fraction of sp³-hybridized carbons (Fsp3) is 0.211. The molecule has 0 aromatic heterocycles. The molecule has 0 fully saturated rings. The number of carbonyl (C=O) groups is 4. The Morgan fingerprint density at radius 3 is 2.12 bits per heavy atom. The second-order valence-electron chi connectivity index (χ2n) is 10.8. The Morgan fingerprint density at radius 1 is 0.796 bits per heavy atom. The highest BCUT2D eigenvalue weighted by Gasteiger charge is 2.18. The van der Waals surface area contributed by atoms with Crippen LogP contribution in [0.3, 0.4) is 0 Å². The van der Waals surface area contributed by atoms with Crippen LogP contribution in [0.2, 0.25) is 0 Å². The first-order chi connectivity index (χ1) is 23.7. The molecule has 3 N–H and O–H groups in total. The molecular formula is C38H39N3O7S. The Labute approximate surface area is 290 Å². The van der Waals surface area contributed by atoms with Crippen LogP contribution in [-0.4, -0.2) is 49.8 Å². The van der Waals surface area contributed by atoms with Gasteiger partial charge in [-0.1, -0.05) is 31.5 Å². The molecule has 49 heavy (non-hydrogen) atoms. The molecule has 3 amide bonds. The van der Waals surface area contributed by atoms with Crippen LogP contribution in [0.25, 0.3) is 6.08 Å². The van der Waals surface area contributed by atoms with Crippen LogP contribution in [0.15, 0.2) is 108 Å². The summed E-state index contributed by atoms with van der Waals surface area (Å²) in [5.41, 5.74) is 2.42. The van der Waals surface area contributed by atoms with E-state index >= 15 is 0 Å². The lowest BCUT2D eigenvalue weighted by Gasteiger charge is -2.14. The number of nitrogens with one attached hydrogen (secondary N) is 3. The van der Waals surface area contributed by atoms with Gasteiger partial charge in [0, 0.05) is 33.5 Å². The van der Waals surface area contributed by atoms with Gasteiger partial charge in [-0.3, -0.25) is 14.4 Å². The van der Waals surface area contributed by atoms with Gasteiger partial charge in [-0.15, -0.1) is 11.8 Å². The molecule has 1 atom stereocenters. The Morgan fingerprint density at radius 2 is 1.47 bits per heavy atom. The maximum atomic E-state index is 13.5. The van der Waals surface area contributed by atoms with Gasteiger partial charge in [-0.25, -0.2) is 4.79 Å². The molecule has 4 aromatic carbocycles. The second-order valence-corrected chi connectivity index (χ2v) is 12.2. The largest absolute Gasteiger partial charge is 0.497 e. The van der Waals surface area contributed by atoms with Crippen molar-refractivity contribution >= 4 is 52.9 Å². The SMILES string of the molecule is CCCCOC(=O)c1ccc(NC(=O)C(C)Sc2ccc(NC(=O)/C(=C/c3ccc(OC)cc3OC)NC(=O)c3ccccc3)cc2)cc1. The van der Waals surface area contributed by atoms with Gasteiger partial charge in [-0.2, -0.15) is 0 Å². The lowest BCUT2D eigenvalue weighted by molar-refractivity contribution is -0.115. The normalized spacial score (nSPS) is 11.6. The van der Waals surface area contributed by atoms with E-state index in [1.807, 2.05) is 6.92 Å². The molecule has 1 unspecified atom stereocenters. The summed E-state index contributed by atoms with van der Waals surface area (Å²) in [5.74, 6) is -0.564. The van der Waals surface area contributed by atoms with Crippen LogP contribution in [0.4, 0.5) is 11.4 Å². The summed E-state index contributed by atoms with van der Waals surface area (Å²) in [7, 11) is 3.05. The van der Waals surface area contributed by atoms with Gasteiger partial charge in [0.05, 0.1) is 31.6 Å². The third kappa shape index (κ3) is 10.7. The average molecular weight is 682 g/mol. The van der Waals surface area contributed by atoms with Gasteiger partial charge in [0.15, 0.2) is 0 Å². The van der Waals surface area contributed by atoms with Crippen LogP contribution < -0.4 is 25.4 Å².